The third kappa shape index (κ3) is 3.84. The molecule has 0 N–H and O–H groups in total. The number of esters is 1. The minimum atomic E-state index is -0.550. The van der Waals surface area contributed by atoms with Crippen LogP contribution in [0.4, 0.5) is 0 Å². The maximum atomic E-state index is 12.0. The van der Waals surface area contributed by atoms with Crippen LogP contribution in [0.3, 0.4) is 0 Å². The first-order chi connectivity index (χ1) is 11.0. The molecule has 118 valence electrons. The summed E-state index contributed by atoms with van der Waals surface area (Å²) in [4.78, 5) is 16.3. The molecule has 4 nitrogen and oxygen atoms in total. The molecule has 0 aliphatic rings. The Kier molecular flexibility index (Phi) is 6.00. The van der Waals surface area contributed by atoms with Crippen LogP contribution in [0.1, 0.15) is 28.5 Å². The highest BCUT2D eigenvalue weighted by Crippen LogP contribution is 2.33. The van der Waals surface area contributed by atoms with E-state index < -0.39 is 5.97 Å². The predicted molar refractivity (Wildman–Crippen MR) is 93.0 cm³/mol. The second-order valence-corrected chi connectivity index (χ2v) is 5.88. The average molecular weight is 414 g/mol. The number of rotatable bonds is 4. The lowest BCUT2D eigenvalue weighted by atomic mass is 10.0. The summed E-state index contributed by atoms with van der Waals surface area (Å²) in [6, 6.07) is 8.54. The van der Waals surface area contributed by atoms with Crippen molar-refractivity contribution in [3.63, 3.8) is 0 Å². The van der Waals surface area contributed by atoms with E-state index in [0.29, 0.717) is 37.8 Å². The zero-order valence-electron chi connectivity index (χ0n) is 12.1. The Morgan fingerprint density at radius 1 is 1.39 bits per heavy atom. The van der Waals surface area contributed by atoms with E-state index in [1.165, 1.54) is 0 Å². The van der Waals surface area contributed by atoms with Crippen LogP contribution in [0, 0.1) is 11.3 Å². The Morgan fingerprint density at radius 2 is 2.13 bits per heavy atom. The minimum Gasteiger partial charge on any atom is -0.461 e. The van der Waals surface area contributed by atoms with E-state index in [9.17, 15) is 10.1 Å². The van der Waals surface area contributed by atoms with Crippen molar-refractivity contribution in [3.05, 3.63) is 51.1 Å². The molecule has 0 spiro atoms. The van der Waals surface area contributed by atoms with Crippen molar-refractivity contribution in [1.29, 1.82) is 5.26 Å². The molecule has 0 saturated heterocycles. The fourth-order valence-electron chi connectivity index (χ4n) is 2.01. The highest BCUT2D eigenvalue weighted by molar-refractivity contribution is 9.08. The molecule has 0 saturated carbocycles. The molecule has 0 fully saturated rings. The van der Waals surface area contributed by atoms with Gasteiger partial charge in [0.05, 0.1) is 22.9 Å². The summed E-state index contributed by atoms with van der Waals surface area (Å²) < 4.78 is 4.99. The zero-order valence-corrected chi connectivity index (χ0v) is 15.2. The lowest BCUT2D eigenvalue weighted by molar-refractivity contribution is 0.0519. The third-order valence-corrected chi connectivity index (χ3v) is 4.18. The molecule has 23 heavy (non-hydrogen) atoms. The van der Waals surface area contributed by atoms with Crippen LogP contribution in [0.15, 0.2) is 24.3 Å². The van der Waals surface area contributed by atoms with Crippen LogP contribution >= 0.6 is 39.1 Å². The molecular weight excluding hydrogens is 403 g/mol. The standard InChI is InChI=1S/C16H11BrCl2N2O2/c1-2-23-16(22)14-5-9(7-17)12(8-20)15(21-14)11-4-3-10(18)6-13(11)19/h3-6H,2,7H2,1H3. The summed E-state index contributed by atoms with van der Waals surface area (Å²) in [5.41, 5.74) is 1.96. The Bertz CT molecular complexity index is 803. The number of pyridine rings is 1. The maximum Gasteiger partial charge on any atom is 0.356 e. The van der Waals surface area contributed by atoms with Gasteiger partial charge in [-0.2, -0.15) is 5.26 Å². The van der Waals surface area contributed by atoms with Gasteiger partial charge in [0.1, 0.15) is 11.8 Å². The van der Waals surface area contributed by atoms with Crippen molar-refractivity contribution in [2.45, 2.75) is 12.3 Å². The molecule has 0 radical (unpaired) electrons. The molecule has 0 atom stereocenters. The molecule has 1 aromatic heterocycles. The number of nitrogens with zero attached hydrogens (tertiary/aromatic N) is 2. The Hall–Kier alpha value is -1.61. The van der Waals surface area contributed by atoms with E-state index in [-0.39, 0.29) is 12.3 Å². The number of ether oxygens (including phenoxy) is 1. The predicted octanol–water partition coefficient (Wildman–Crippen LogP) is 5.00. The summed E-state index contributed by atoms with van der Waals surface area (Å²) in [6.07, 6.45) is 0. The van der Waals surface area contributed by atoms with Crippen LogP contribution in [0.25, 0.3) is 11.3 Å². The number of halogens is 3. The van der Waals surface area contributed by atoms with Gasteiger partial charge < -0.3 is 4.74 Å². The van der Waals surface area contributed by atoms with Gasteiger partial charge in [-0.3, -0.25) is 0 Å². The van der Waals surface area contributed by atoms with Crippen LogP contribution in [0.2, 0.25) is 10.0 Å². The fourth-order valence-corrected chi connectivity index (χ4v) is 2.95. The van der Waals surface area contributed by atoms with Gasteiger partial charge in [0.15, 0.2) is 0 Å². The second-order valence-electron chi connectivity index (χ2n) is 4.48. The summed E-state index contributed by atoms with van der Waals surface area (Å²) in [5.74, 6) is -0.550. The summed E-state index contributed by atoms with van der Waals surface area (Å²) in [5, 5.41) is 10.7. The Labute approximate surface area is 152 Å². The van der Waals surface area contributed by atoms with Gasteiger partial charge in [0.25, 0.3) is 0 Å². The highest BCUT2D eigenvalue weighted by Gasteiger charge is 2.19. The van der Waals surface area contributed by atoms with Crippen molar-refractivity contribution in [3.8, 4) is 17.3 Å². The molecule has 2 aromatic rings. The molecule has 0 bridgehead atoms. The second kappa shape index (κ2) is 7.78. The summed E-state index contributed by atoms with van der Waals surface area (Å²) in [6.45, 7) is 1.95. The lowest BCUT2D eigenvalue weighted by Crippen LogP contribution is -2.10. The smallest absolute Gasteiger partial charge is 0.356 e. The van der Waals surface area contributed by atoms with E-state index in [1.807, 2.05) is 0 Å². The van der Waals surface area contributed by atoms with Crippen molar-refractivity contribution < 1.29 is 9.53 Å². The van der Waals surface area contributed by atoms with E-state index in [1.54, 1.807) is 31.2 Å². The van der Waals surface area contributed by atoms with Crippen LogP contribution in [-0.4, -0.2) is 17.6 Å². The SMILES string of the molecule is CCOC(=O)c1cc(CBr)c(C#N)c(-c2ccc(Cl)cc2Cl)n1. The zero-order chi connectivity index (χ0) is 17.0. The van der Waals surface area contributed by atoms with E-state index in [2.05, 4.69) is 27.0 Å². The van der Waals surface area contributed by atoms with Gasteiger partial charge in [-0.15, -0.1) is 0 Å². The normalized spacial score (nSPS) is 10.2. The molecule has 7 heteroatoms. The first kappa shape index (κ1) is 17.7. The number of carbonyl (C=O) groups excluding carboxylic acids is 1. The van der Waals surface area contributed by atoms with Crippen LogP contribution in [0.5, 0.6) is 0 Å². The van der Waals surface area contributed by atoms with Crippen LogP contribution < -0.4 is 0 Å². The third-order valence-electron chi connectivity index (χ3n) is 3.03. The topological polar surface area (TPSA) is 63.0 Å². The van der Waals surface area contributed by atoms with E-state index in [4.69, 9.17) is 27.9 Å². The fraction of sp³-hybridized carbons (Fsp3) is 0.188. The highest BCUT2D eigenvalue weighted by atomic mass is 79.9. The van der Waals surface area contributed by atoms with Gasteiger partial charge in [-0.25, -0.2) is 9.78 Å². The summed E-state index contributed by atoms with van der Waals surface area (Å²) >= 11 is 15.5. The average Bonchev–Trinajstić information content (AvgIpc) is 2.53. The monoisotopic (exact) mass is 412 g/mol. The molecule has 1 aromatic carbocycles. The van der Waals surface area contributed by atoms with E-state index >= 15 is 0 Å². The van der Waals surface area contributed by atoms with Crippen molar-refractivity contribution in [1.82, 2.24) is 4.98 Å². The largest absolute Gasteiger partial charge is 0.461 e. The Balaban J connectivity index is 2.72. The van der Waals surface area contributed by atoms with Crippen molar-refractivity contribution >= 4 is 45.1 Å². The molecule has 0 aliphatic heterocycles. The first-order valence-electron chi connectivity index (χ1n) is 6.64. The molecule has 0 amide bonds. The van der Waals surface area contributed by atoms with Gasteiger partial charge in [-0.1, -0.05) is 39.1 Å². The molecule has 2 rings (SSSR count). The number of hydrogen-bond acceptors (Lipinski definition) is 4. The molecule has 0 unspecified atom stereocenters. The number of alkyl halides is 1. The molecule has 1 heterocycles. The molecular formula is C16H11BrCl2N2O2. The van der Waals surface area contributed by atoms with Gasteiger partial charge in [-0.05, 0) is 36.8 Å². The van der Waals surface area contributed by atoms with Gasteiger partial charge in [0.2, 0.25) is 0 Å². The quantitative estimate of drug-likeness (QED) is 0.522. The van der Waals surface area contributed by atoms with Crippen molar-refractivity contribution in [2.75, 3.05) is 6.61 Å². The first-order valence-corrected chi connectivity index (χ1v) is 8.52. The number of aromatic nitrogens is 1. The summed E-state index contributed by atoms with van der Waals surface area (Å²) in [7, 11) is 0. The van der Waals surface area contributed by atoms with E-state index in [0.717, 1.165) is 0 Å². The number of benzene rings is 1. The lowest BCUT2D eigenvalue weighted by Gasteiger charge is -2.12. The number of nitriles is 1. The molecule has 0 aliphatic carbocycles. The maximum absolute atomic E-state index is 12.0. The minimum absolute atomic E-state index is 0.126. The van der Waals surface area contributed by atoms with Gasteiger partial charge in [0, 0.05) is 15.9 Å². The van der Waals surface area contributed by atoms with Crippen LogP contribution in [-0.2, 0) is 10.1 Å². The number of hydrogen-bond donors (Lipinski definition) is 0. The van der Waals surface area contributed by atoms with Gasteiger partial charge >= 0.3 is 5.97 Å². The number of carbonyl (C=O) groups is 1. The Morgan fingerprint density at radius 3 is 2.70 bits per heavy atom. The van der Waals surface area contributed by atoms with Crippen molar-refractivity contribution in [2.24, 2.45) is 0 Å².